The standard InChI is InChI=1S/C13H20F2N2S/c1-3-5-6-8-18-13-11(15)9-10(14)12(17-13)16-7-4-2/h9H,3-8H2,1-2H3,(H,16,17). The van der Waals surface area contributed by atoms with E-state index < -0.39 is 11.6 Å². The number of aromatic nitrogens is 1. The Balaban J connectivity index is 2.65. The van der Waals surface area contributed by atoms with Gasteiger partial charge in [-0.05, 0) is 18.6 Å². The number of thioether (sulfide) groups is 1. The van der Waals surface area contributed by atoms with E-state index in [-0.39, 0.29) is 10.8 Å². The van der Waals surface area contributed by atoms with E-state index in [0.717, 1.165) is 37.5 Å². The molecule has 0 aliphatic rings. The van der Waals surface area contributed by atoms with Gasteiger partial charge in [0.1, 0.15) is 5.03 Å². The van der Waals surface area contributed by atoms with Crippen LogP contribution in [0, 0.1) is 11.6 Å². The number of hydrogen-bond acceptors (Lipinski definition) is 3. The van der Waals surface area contributed by atoms with E-state index in [2.05, 4.69) is 17.2 Å². The predicted molar refractivity (Wildman–Crippen MR) is 73.2 cm³/mol. The summed E-state index contributed by atoms with van der Waals surface area (Å²) in [6, 6.07) is 0.910. The van der Waals surface area contributed by atoms with Crippen molar-refractivity contribution in [3.05, 3.63) is 17.7 Å². The maximum absolute atomic E-state index is 13.5. The molecule has 1 aromatic rings. The van der Waals surface area contributed by atoms with Gasteiger partial charge in [-0.2, -0.15) is 0 Å². The second kappa shape index (κ2) is 8.29. The normalized spacial score (nSPS) is 10.7. The van der Waals surface area contributed by atoms with Crippen molar-refractivity contribution < 1.29 is 8.78 Å². The van der Waals surface area contributed by atoms with Gasteiger partial charge in [0, 0.05) is 12.6 Å². The van der Waals surface area contributed by atoms with Gasteiger partial charge in [0.2, 0.25) is 0 Å². The molecule has 1 heterocycles. The summed E-state index contributed by atoms with van der Waals surface area (Å²) in [7, 11) is 0. The molecule has 0 unspecified atom stereocenters. The molecule has 102 valence electrons. The minimum atomic E-state index is -0.626. The van der Waals surface area contributed by atoms with Crippen LogP contribution in [0.2, 0.25) is 0 Å². The fraction of sp³-hybridized carbons (Fsp3) is 0.615. The average molecular weight is 274 g/mol. The lowest BCUT2D eigenvalue weighted by Gasteiger charge is -2.08. The Bertz CT molecular complexity index is 372. The molecule has 0 aliphatic carbocycles. The van der Waals surface area contributed by atoms with Gasteiger partial charge in [-0.15, -0.1) is 11.8 Å². The number of rotatable bonds is 8. The molecular formula is C13H20F2N2S. The first-order valence-electron chi connectivity index (χ1n) is 6.41. The number of hydrogen-bond donors (Lipinski definition) is 1. The first kappa shape index (κ1) is 15.2. The highest BCUT2D eigenvalue weighted by Gasteiger charge is 2.11. The highest BCUT2D eigenvalue weighted by molar-refractivity contribution is 7.99. The lowest BCUT2D eigenvalue weighted by molar-refractivity contribution is 0.551. The molecule has 1 aromatic heterocycles. The zero-order valence-corrected chi connectivity index (χ0v) is 11.7. The molecule has 0 aromatic carbocycles. The van der Waals surface area contributed by atoms with Crippen LogP contribution in [0.4, 0.5) is 14.6 Å². The molecular weight excluding hydrogens is 254 g/mol. The zero-order valence-electron chi connectivity index (χ0n) is 10.9. The Morgan fingerprint density at radius 1 is 1.17 bits per heavy atom. The van der Waals surface area contributed by atoms with Crippen molar-refractivity contribution in [1.82, 2.24) is 4.98 Å². The first-order valence-corrected chi connectivity index (χ1v) is 7.40. The fourth-order valence-electron chi connectivity index (χ4n) is 1.44. The lowest BCUT2D eigenvalue weighted by Crippen LogP contribution is -2.06. The van der Waals surface area contributed by atoms with E-state index in [1.165, 1.54) is 11.8 Å². The van der Waals surface area contributed by atoms with Gasteiger partial charge < -0.3 is 5.32 Å². The van der Waals surface area contributed by atoms with Crippen LogP contribution >= 0.6 is 11.8 Å². The maximum Gasteiger partial charge on any atom is 0.168 e. The Hall–Kier alpha value is -0.840. The summed E-state index contributed by atoms with van der Waals surface area (Å²) < 4.78 is 26.9. The number of pyridine rings is 1. The third-order valence-electron chi connectivity index (χ3n) is 2.43. The summed E-state index contributed by atoms with van der Waals surface area (Å²) in [6.07, 6.45) is 4.15. The molecule has 0 atom stereocenters. The van der Waals surface area contributed by atoms with E-state index in [0.29, 0.717) is 6.54 Å². The number of nitrogens with one attached hydrogen (secondary N) is 1. The Labute approximate surface area is 112 Å². The van der Waals surface area contributed by atoms with Crippen molar-refractivity contribution in [1.29, 1.82) is 0 Å². The van der Waals surface area contributed by atoms with Gasteiger partial charge in [-0.1, -0.05) is 26.7 Å². The van der Waals surface area contributed by atoms with Crippen molar-refractivity contribution in [3.63, 3.8) is 0 Å². The quantitative estimate of drug-likeness (QED) is 0.559. The predicted octanol–water partition coefficient (Wildman–Crippen LogP) is 4.46. The summed E-state index contributed by atoms with van der Waals surface area (Å²) in [5.41, 5.74) is 0. The number of unbranched alkanes of at least 4 members (excludes halogenated alkanes) is 2. The molecule has 0 spiro atoms. The molecule has 1 N–H and O–H groups in total. The van der Waals surface area contributed by atoms with E-state index in [1.807, 2.05) is 6.92 Å². The first-order chi connectivity index (χ1) is 8.69. The SMILES string of the molecule is CCCCCSc1nc(NCCC)c(F)cc1F. The zero-order chi connectivity index (χ0) is 13.4. The van der Waals surface area contributed by atoms with Crippen molar-refractivity contribution in [2.75, 3.05) is 17.6 Å². The van der Waals surface area contributed by atoms with Gasteiger partial charge in [-0.25, -0.2) is 13.8 Å². The molecule has 0 fully saturated rings. The minimum absolute atomic E-state index is 0.149. The van der Waals surface area contributed by atoms with E-state index in [1.54, 1.807) is 0 Å². The minimum Gasteiger partial charge on any atom is -0.368 e. The average Bonchev–Trinajstić information content (AvgIpc) is 2.35. The van der Waals surface area contributed by atoms with Crippen molar-refractivity contribution in [3.8, 4) is 0 Å². The Kier molecular flexibility index (Phi) is 7.01. The molecule has 1 rings (SSSR count). The third-order valence-corrected chi connectivity index (χ3v) is 3.48. The molecule has 18 heavy (non-hydrogen) atoms. The Morgan fingerprint density at radius 3 is 2.61 bits per heavy atom. The summed E-state index contributed by atoms with van der Waals surface area (Å²) in [6.45, 7) is 4.73. The molecule has 2 nitrogen and oxygen atoms in total. The van der Waals surface area contributed by atoms with Crippen LogP contribution in [0.1, 0.15) is 39.5 Å². The molecule has 0 aliphatic heterocycles. The van der Waals surface area contributed by atoms with Crippen molar-refractivity contribution in [2.24, 2.45) is 0 Å². The number of anilines is 1. The smallest absolute Gasteiger partial charge is 0.168 e. The van der Waals surface area contributed by atoms with Crippen LogP contribution < -0.4 is 5.32 Å². The third kappa shape index (κ3) is 4.80. The highest BCUT2D eigenvalue weighted by atomic mass is 32.2. The molecule has 0 radical (unpaired) electrons. The van der Waals surface area contributed by atoms with Gasteiger partial charge in [0.05, 0.1) is 0 Å². The molecule has 0 saturated heterocycles. The monoisotopic (exact) mass is 274 g/mol. The van der Waals surface area contributed by atoms with Crippen LogP contribution in [0.25, 0.3) is 0 Å². The summed E-state index contributed by atoms with van der Waals surface area (Å²) in [5, 5.41) is 3.15. The van der Waals surface area contributed by atoms with Crippen LogP contribution in [0.3, 0.4) is 0 Å². The van der Waals surface area contributed by atoms with Crippen molar-refractivity contribution >= 4 is 17.6 Å². The van der Waals surface area contributed by atoms with Crippen LogP contribution in [0.5, 0.6) is 0 Å². The summed E-state index contributed by atoms with van der Waals surface area (Å²) in [5.74, 6) is -0.234. The summed E-state index contributed by atoms with van der Waals surface area (Å²) >= 11 is 1.35. The van der Waals surface area contributed by atoms with Gasteiger partial charge in [-0.3, -0.25) is 0 Å². The number of halogens is 2. The maximum atomic E-state index is 13.5. The van der Waals surface area contributed by atoms with Crippen molar-refractivity contribution in [2.45, 2.75) is 44.6 Å². The van der Waals surface area contributed by atoms with Crippen LogP contribution in [-0.2, 0) is 0 Å². The van der Waals surface area contributed by atoms with Crippen LogP contribution in [-0.4, -0.2) is 17.3 Å². The summed E-state index contributed by atoms with van der Waals surface area (Å²) in [4.78, 5) is 4.01. The molecule has 0 amide bonds. The Morgan fingerprint density at radius 2 is 1.94 bits per heavy atom. The second-order valence-corrected chi connectivity index (χ2v) is 5.17. The second-order valence-electron chi connectivity index (χ2n) is 4.09. The lowest BCUT2D eigenvalue weighted by atomic mass is 10.3. The largest absolute Gasteiger partial charge is 0.368 e. The van der Waals surface area contributed by atoms with E-state index in [4.69, 9.17) is 0 Å². The fourth-order valence-corrected chi connectivity index (χ4v) is 2.33. The van der Waals surface area contributed by atoms with Gasteiger partial charge in [0.15, 0.2) is 17.5 Å². The molecule has 5 heteroatoms. The topological polar surface area (TPSA) is 24.9 Å². The molecule has 0 saturated carbocycles. The van der Waals surface area contributed by atoms with E-state index in [9.17, 15) is 8.78 Å². The molecule has 0 bridgehead atoms. The van der Waals surface area contributed by atoms with E-state index >= 15 is 0 Å². The number of nitrogens with zero attached hydrogens (tertiary/aromatic N) is 1. The highest BCUT2D eigenvalue weighted by Crippen LogP contribution is 2.24. The van der Waals surface area contributed by atoms with Crippen LogP contribution in [0.15, 0.2) is 11.1 Å². The van der Waals surface area contributed by atoms with Gasteiger partial charge >= 0.3 is 0 Å². The van der Waals surface area contributed by atoms with Gasteiger partial charge in [0.25, 0.3) is 0 Å².